The molecule has 3 N–H and O–H groups in total. The molecule has 7 heteroatoms. The Morgan fingerprint density at radius 3 is 2.57 bits per heavy atom. The Morgan fingerprint density at radius 1 is 1.38 bits per heavy atom. The van der Waals surface area contributed by atoms with Gasteiger partial charge in [-0.05, 0) is 18.9 Å². The van der Waals surface area contributed by atoms with E-state index in [1.165, 1.54) is 19.2 Å². The van der Waals surface area contributed by atoms with Gasteiger partial charge in [0.1, 0.15) is 6.61 Å². The molecule has 7 nitrogen and oxygen atoms in total. The van der Waals surface area contributed by atoms with Gasteiger partial charge >= 0.3 is 0 Å². The lowest BCUT2D eigenvalue weighted by Crippen LogP contribution is -2.32. The average Bonchev–Trinajstić information content (AvgIpc) is 2.91. The highest BCUT2D eigenvalue weighted by Gasteiger charge is 2.32. The largest absolute Gasteiger partial charge is 0.493 e. The fourth-order valence-electron chi connectivity index (χ4n) is 2.59. The van der Waals surface area contributed by atoms with Crippen LogP contribution in [0.4, 0.5) is 5.69 Å². The van der Waals surface area contributed by atoms with Gasteiger partial charge in [0.25, 0.3) is 5.69 Å². The highest BCUT2D eigenvalue weighted by molar-refractivity contribution is 5.54. The quantitative estimate of drug-likeness (QED) is 0.611. The summed E-state index contributed by atoms with van der Waals surface area (Å²) < 4.78 is 10.8. The summed E-state index contributed by atoms with van der Waals surface area (Å²) in [5.74, 6) is 0.629. The first-order chi connectivity index (χ1) is 9.99. The molecule has 0 atom stereocenters. The zero-order valence-corrected chi connectivity index (χ0v) is 12.0. The maximum absolute atomic E-state index is 11.1. The van der Waals surface area contributed by atoms with Crippen molar-refractivity contribution in [1.82, 2.24) is 0 Å². The first kappa shape index (κ1) is 15.5. The maximum Gasteiger partial charge on any atom is 0.277 e. The Kier molecular flexibility index (Phi) is 4.64. The minimum Gasteiger partial charge on any atom is -0.493 e. The van der Waals surface area contributed by atoms with Crippen LogP contribution in [0.15, 0.2) is 12.1 Å². The van der Waals surface area contributed by atoms with Crippen LogP contribution in [0.25, 0.3) is 0 Å². The number of ether oxygens (including phenoxy) is 2. The zero-order valence-electron chi connectivity index (χ0n) is 12.0. The standard InChI is InChI=1S/C14H20N2O5/c1-20-12-6-10(8-15)11(16(18)19)7-13(12)21-9-14(17)4-2-3-5-14/h6-7,17H,2-5,8-9,15H2,1H3. The van der Waals surface area contributed by atoms with Crippen molar-refractivity contribution in [1.29, 1.82) is 0 Å². The molecule has 0 aromatic heterocycles. The lowest BCUT2D eigenvalue weighted by molar-refractivity contribution is -0.385. The van der Waals surface area contributed by atoms with Gasteiger partial charge in [-0.2, -0.15) is 0 Å². The van der Waals surface area contributed by atoms with Crippen LogP contribution < -0.4 is 15.2 Å². The van der Waals surface area contributed by atoms with E-state index in [9.17, 15) is 15.2 Å². The molecule has 1 saturated carbocycles. The molecule has 1 aliphatic rings. The van der Waals surface area contributed by atoms with Crippen molar-refractivity contribution in [3.05, 3.63) is 27.8 Å². The Morgan fingerprint density at radius 2 is 2.05 bits per heavy atom. The molecular formula is C14H20N2O5. The zero-order chi connectivity index (χ0) is 15.5. The number of hydrogen-bond acceptors (Lipinski definition) is 6. The van der Waals surface area contributed by atoms with Gasteiger partial charge in [-0.3, -0.25) is 10.1 Å². The molecule has 1 aromatic carbocycles. The second-order valence-corrected chi connectivity index (χ2v) is 5.31. The van der Waals surface area contributed by atoms with Crippen LogP contribution >= 0.6 is 0 Å². The molecule has 0 saturated heterocycles. The molecule has 21 heavy (non-hydrogen) atoms. The highest BCUT2D eigenvalue weighted by Crippen LogP contribution is 2.36. The lowest BCUT2D eigenvalue weighted by atomic mass is 10.0. The van der Waals surface area contributed by atoms with Crippen LogP contribution in [0.1, 0.15) is 31.2 Å². The first-order valence-corrected chi connectivity index (χ1v) is 6.89. The van der Waals surface area contributed by atoms with E-state index in [-0.39, 0.29) is 24.6 Å². The van der Waals surface area contributed by atoms with Gasteiger partial charge in [0.15, 0.2) is 11.5 Å². The summed E-state index contributed by atoms with van der Waals surface area (Å²) in [7, 11) is 1.46. The van der Waals surface area contributed by atoms with Gasteiger partial charge in [0, 0.05) is 12.1 Å². The van der Waals surface area contributed by atoms with Gasteiger partial charge in [-0.25, -0.2) is 0 Å². The number of rotatable bonds is 6. The van der Waals surface area contributed by atoms with Crippen molar-refractivity contribution < 1.29 is 19.5 Å². The van der Waals surface area contributed by atoms with Crippen LogP contribution in [0.5, 0.6) is 11.5 Å². The molecule has 1 fully saturated rings. The van der Waals surface area contributed by atoms with E-state index in [2.05, 4.69) is 0 Å². The second-order valence-electron chi connectivity index (χ2n) is 5.31. The minimum absolute atomic E-state index is 0.0386. The number of nitrogens with two attached hydrogens (primary N) is 1. The molecule has 0 radical (unpaired) electrons. The van der Waals surface area contributed by atoms with E-state index in [4.69, 9.17) is 15.2 Å². The minimum atomic E-state index is -0.855. The van der Waals surface area contributed by atoms with Crippen LogP contribution in [-0.2, 0) is 6.54 Å². The number of methoxy groups -OCH3 is 1. The maximum atomic E-state index is 11.1. The van der Waals surface area contributed by atoms with Gasteiger partial charge < -0.3 is 20.3 Å². The SMILES string of the molecule is COc1cc(CN)c([N+](=O)[O-])cc1OCC1(O)CCCC1. The highest BCUT2D eigenvalue weighted by atomic mass is 16.6. The molecule has 0 aliphatic heterocycles. The number of aliphatic hydroxyl groups is 1. The number of benzene rings is 1. The van der Waals surface area contributed by atoms with E-state index in [1.54, 1.807) is 0 Å². The van der Waals surface area contributed by atoms with Crippen molar-refractivity contribution >= 4 is 5.69 Å². The summed E-state index contributed by atoms with van der Waals surface area (Å²) >= 11 is 0. The molecule has 0 heterocycles. The summed E-state index contributed by atoms with van der Waals surface area (Å²) in [5, 5.41) is 21.3. The number of nitro groups is 1. The topological polar surface area (TPSA) is 108 Å². The fourth-order valence-corrected chi connectivity index (χ4v) is 2.59. The van der Waals surface area contributed by atoms with Crippen LogP contribution in [0.2, 0.25) is 0 Å². The molecule has 116 valence electrons. The third kappa shape index (κ3) is 3.43. The molecule has 0 unspecified atom stereocenters. The van der Waals surface area contributed by atoms with Crippen molar-refractivity contribution in [3.8, 4) is 11.5 Å². The Balaban J connectivity index is 2.24. The molecule has 0 spiro atoms. The number of hydrogen-bond donors (Lipinski definition) is 2. The van der Waals surface area contributed by atoms with Crippen molar-refractivity contribution in [3.63, 3.8) is 0 Å². The Hall–Kier alpha value is -1.86. The molecule has 1 aromatic rings. The summed E-state index contributed by atoms with van der Waals surface area (Å²) in [5.41, 5.74) is 4.93. The fraction of sp³-hybridized carbons (Fsp3) is 0.571. The van der Waals surface area contributed by atoms with Crippen molar-refractivity contribution in [2.45, 2.75) is 37.8 Å². The van der Waals surface area contributed by atoms with E-state index in [0.29, 0.717) is 24.2 Å². The predicted molar refractivity (Wildman–Crippen MR) is 76.5 cm³/mol. The molecule has 1 aliphatic carbocycles. The van der Waals surface area contributed by atoms with Gasteiger partial charge in [-0.15, -0.1) is 0 Å². The summed E-state index contributed by atoms with van der Waals surface area (Å²) in [6.45, 7) is 0.138. The lowest BCUT2D eigenvalue weighted by Gasteiger charge is -2.23. The first-order valence-electron chi connectivity index (χ1n) is 6.89. The van der Waals surface area contributed by atoms with Crippen LogP contribution in [0.3, 0.4) is 0 Å². The van der Waals surface area contributed by atoms with Gasteiger partial charge in [0.2, 0.25) is 0 Å². The van der Waals surface area contributed by atoms with E-state index < -0.39 is 10.5 Å². The van der Waals surface area contributed by atoms with Crippen molar-refractivity contribution in [2.24, 2.45) is 5.73 Å². The number of nitro benzene ring substituents is 1. The predicted octanol–water partition coefficient (Wildman–Crippen LogP) is 1.75. The summed E-state index contributed by atoms with van der Waals surface area (Å²) in [6, 6.07) is 2.81. The average molecular weight is 296 g/mol. The molecule has 0 amide bonds. The molecule has 0 bridgehead atoms. The van der Waals surface area contributed by atoms with E-state index in [1.807, 2.05) is 0 Å². The molecule has 2 rings (SSSR count). The summed E-state index contributed by atoms with van der Waals surface area (Å²) in [4.78, 5) is 10.6. The third-order valence-corrected chi connectivity index (χ3v) is 3.81. The second kappa shape index (κ2) is 6.28. The van der Waals surface area contributed by atoms with Crippen molar-refractivity contribution in [2.75, 3.05) is 13.7 Å². The van der Waals surface area contributed by atoms with Crippen LogP contribution in [0, 0.1) is 10.1 Å². The Bertz CT molecular complexity index is 526. The smallest absolute Gasteiger partial charge is 0.277 e. The number of nitrogens with zero attached hydrogens (tertiary/aromatic N) is 1. The summed E-state index contributed by atoms with van der Waals surface area (Å²) in [6.07, 6.45) is 3.28. The van der Waals surface area contributed by atoms with E-state index >= 15 is 0 Å². The van der Waals surface area contributed by atoms with Gasteiger partial charge in [-0.1, -0.05) is 12.8 Å². The monoisotopic (exact) mass is 296 g/mol. The Labute approximate surface area is 122 Å². The van der Waals surface area contributed by atoms with Gasteiger partial charge in [0.05, 0.1) is 23.7 Å². The third-order valence-electron chi connectivity index (χ3n) is 3.81. The van der Waals surface area contributed by atoms with E-state index in [0.717, 1.165) is 12.8 Å². The van der Waals surface area contributed by atoms with Crippen LogP contribution in [-0.4, -0.2) is 29.3 Å². The molecular weight excluding hydrogens is 276 g/mol. The normalized spacial score (nSPS) is 16.7.